The van der Waals surface area contributed by atoms with Crippen LogP contribution in [0.3, 0.4) is 0 Å². The van der Waals surface area contributed by atoms with Gasteiger partial charge in [0.05, 0.1) is 0 Å². The standard InChI is InChI=1S/C14H25ClN2/c1-12(8-15)9-17-11-13(2,3)16-10-14(17)6-4-5-7-14/h8,16H,4-7,9-11H2,1-3H3. The molecule has 3 heteroatoms. The average molecular weight is 257 g/mol. The van der Waals surface area contributed by atoms with Crippen molar-refractivity contribution in [2.75, 3.05) is 19.6 Å². The van der Waals surface area contributed by atoms with Gasteiger partial charge < -0.3 is 5.32 Å². The molecule has 1 aliphatic carbocycles. The molecule has 0 radical (unpaired) electrons. The maximum Gasteiger partial charge on any atom is 0.0338 e. The highest BCUT2D eigenvalue weighted by molar-refractivity contribution is 6.25. The lowest BCUT2D eigenvalue weighted by Crippen LogP contribution is -2.67. The van der Waals surface area contributed by atoms with Crippen molar-refractivity contribution >= 4 is 11.6 Å². The van der Waals surface area contributed by atoms with Crippen LogP contribution in [-0.2, 0) is 0 Å². The minimum absolute atomic E-state index is 0.223. The maximum atomic E-state index is 5.83. The van der Waals surface area contributed by atoms with Gasteiger partial charge in [-0.2, -0.15) is 0 Å². The highest BCUT2D eigenvalue weighted by Crippen LogP contribution is 2.38. The van der Waals surface area contributed by atoms with Crippen molar-refractivity contribution in [2.45, 2.75) is 57.5 Å². The third-order valence-corrected chi connectivity index (χ3v) is 4.69. The van der Waals surface area contributed by atoms with Crippen LogP contribution in [0, 0.1) is 0 Å². The molecule has 1 saturated carbocycles. The summed E-state index contributed by atoms with van der Waals surface area (Å²) in [4.78, 5) is 2.67. The molecule has 2 aliphatic rings. The first kappa shape index (κ1) is 13.4. The predicted molar refractivity (Wildman–Crippen MR) is 74.5 cm³/mol. The highest BCUT2D eigenvalue weighted by atomic mass is 35.5. The second-order valence-corrected chi connectivity index (χ2v) is 6.70. The van der Waals surface area contributed by atoms with E-state index in [2.05, 4.69) is 31.0 Å². The van der Waals surface area contributed by atoms with E-state index in [0.717, 1.165) is 19.6 Å². The molecule has 98 valence electrons. The van der Waals surface area contributed by atoms with Gasteiger partial charge in [-0.05, 0) is 39.2 Å². The molecule has 1 heterocycles. The lowest BCUT2D eigenvalue weighted by atomic mass is 9.86. The summed E-state index contributed by atoms with van der Waals surface area (Å²) in [5.74, 6) is 0. The zero-order chi connectivity index (χ0) is 12.5. The number of hydrogen-bond acceptors (Lipinski definition) is 2. The Kier molecular flexibility index (Phi) is 3.86. The quantitative estimate of drug-likeness (QED) is 0.817. The fourth-order valence-corrected chi connectivity index (χ4v) is 3.37. The Morgan fingerprint density at radius 2 is 2.00 bits per heavy atom. The van der Waals surface area contributed by atoms with Gasteiger partial charge in [0.25, 0.3) is 0 Å². The van der Waals surface area contributed by atoms with Crippen molar-refractivity contribution in [3.05, 3.63) is 11.1 Å². The van der Waals surface area contributed by atoms with E-state index < -0.39 is 0 Å². The van der Waals surface area contributed by atoms with E-state index >= 15 is 0 Å². The zero-order valence-electron chi connectivity index (χ0n) is 11.4. The van der Waals surface area contributed by atoms with E-state index in [1.807, 2.05) is 0 Å². The van der Waals surface area contributed by atoms with Gasteiger partial charge in [-0.15, -0.1) is 0 Å². The van der Waals surface area contributed by atoms with Crippen LogP contribution in [0.15, 0.2) is 11.1 Å². The Hall–Kier alpha value is -0.0500. The molecule has 1 aliphatic heterocycles. The molecule has 1 N–H and O–H groups in total. The molecule has 0 aromatic rings. The van der Waals surface area contributed by atoms with E-state index in [4.69, 9.17) is 11.6 Å². The number of rotatable bonds is 2. The number of nitrogens with zero attached hydrogens (tertiary/aromatic N) is 1. The molecule has 17 heavy (non-hydrogen) atoms. The average Bonchev–Trinajstić information content (AvgIpc) is 2.73. The largest absolute Gasteiger partial charge is 0.309 e. The molecular formula is C14H25ClN2. The van der Waals surface area contributed by atoms with Crippen LogP contribution in [0.25, 0.3) is 0 Å². The molecule has 0 unspecified atom stereocenters. The van der Waals surface area contributed by atoms with Crippen LogP contribution in [0.5, 0.6) is 0 Å². The zero-order valence-corrected chi connectivity index (χ0v) is 12.1. The SMILES string of the molecule is CC(=CCl)CN1CC(C)(C)NCC12CCCC2. The fraction of sp³-hybridized carbons (Fsp3) is 0.857. The molecule has 0 aromatic carbocycles. The van der Waals surface area contributed by atoms with Crippen LogP contribution < -0.4 is 5.32 Å². The third kappa shape index (κ3) is 2.86. The minimum atomic E-state index is 0.223. The van der Waals surface area contributed by atoms with Crippen LogP contribution in [-0.4, -0.2) is 35.6 Å². The summed E-state index contributed by atoms with van der Waals surface area (Å²) in [5, 5.41) is 3.72. The number of piperazine rings is 1. The third-order valence-electron chi connectivity index (χ3n) is 4.31. The summed E-state index contributed by atoms with van der Waals surface area (Å²) < 4.78 is 0. The molecule has 2 fully saturated rings. The first-order chi connectivity index (χ1) is 7.97. The monoisotopic (exact) mass is 256 g/mol. The summed E-state index contributed by atoms with van der Waals surface area (Å²) in [6.45, 7) is 9.99. The molecule has 0 bridgehead atoms. The van der Waals surface area contributed by atoms with Gasteiger partial charge in [0, 0.05) is 36.2 Å². The lowest BCUT2D eigenvalue weighted by Gasteiger charge is -2.51. The van der Waals surface area contributed by atoms with E-state index in [9.17, 15) is 0 Å². The molecule has 1 spiro atoms. The van der Waals surface area contributed by atoms with Gasteiger partial charge in [0.2, 0.25) is 0 Å². The number of hydrogen-bond donors (Lipinski definition) is 1. The molecule has 2 rings (SSSR count). The maximum absolute atomic E-state index is 5.83. The van der Waals surface area contributed by atoms with Crippen LogP contribution in [0.2, 0.25) is 0 Å². The Morgan fingerprint density at radius 1 is 1.35 bits per heavy atom. The fourth-order valence-electron chi connectivity index (χ4n) is 3.30. The Balaban J connectivity index is 2.14. The van der Waals surface area contributed by atoms with E-state index in [-0.39, 0.29) is 5.54 Å². The summed E-state index contributed by atoms with van der Waals surface area (Å²) in [6, 6.07) is 0. The Morgan fingerprint density at radius 3 is 2.59 bits per heavy atom. The molecule has 0 aromatic heterocycles. The van der Waals surface area contributed by atoms with Crippen molar-refractivity contribution in [3.8, 4) is 0 Å². The molecule has 0 atom stereocenters. The first-order valence-corrected chi connectivity index (χ1v) is 7.17. The summed E-state index contributed by atoms with van der Waals surface area (Å²) in [6.07, 6.45) is 5.43. The first-order valence-electron chi connectivity index (χ1n) is 6.73. The van der Waals surface area contributed by atoms with Crippen LogP contribution in [0.1, 0.15) is 46.5 Å². The van der Waals surface area contributed by atoms with Crippen molar-refractivity contribution in [3.63, 3.8) is 0 Å². The van der Waals surface area contributed by atoms with Crippen molar-refractivity contribution in [1.29, 1.82) is 0 Å². The van der Waals surface area contributed by atoms with Gasteiger partial charge in [-0.3, -0.25) is 4.90 Å². The highest BCUT2D eigenvalue weighted by Gasteiger charge is 2.45. The second kappa shape index (κ2) is 4.91. The van der Waals surface area contributed by atoms with Gasteiger partial charge in [0.15, 0.2) is 0 Å². The summed E-state index contributed by atoms with van der Waals surface area (Å²) in [7, 11) is 0. The van der Waals surface area contributed by atoms with Crippen molar-refractivity contribution in [1.82, 2.24) is 10.2 Å². The van der Waals surface area contributed by atoms with Gasteiger partial charge in [-0.25, -0.2) is 0 Å². The Labute approximate surface area is 110 Å². The Bertz CT molecular complexity index is 303. The number of nitrogens with one attached hydrogen (secondary N) is 1. The normalized spacial score (nSPS) is 28.8. The summed E-state index contributed by atoms with van der Waals surface area (Å²) >= 11 is 5.83. The lowest BCUT2D eigenvalue weighted by molar-refractivity contribution is 0.0269. The minimum Gasteiger partial charge on any atom is -0.309 e. The van der Waals surface area contributed by atoms with E-state index in [1.165, 1.54) is 31.3 Å². The molecule has 0 amide bonds. The molecular weight excluding hydrogens is 232 g/mol. The molecule has 2 nitrogen and oxygen atoms in total. The van der Waals surface area contributed by atoms with Gasteiger partial charge >= 0.3 is 0 Å². The van der Waals surface area contributed by atoms with Crippen LogP contribution in [0.4, 0.5) is 0 Å². The summed E-state index contributed by atoms with van der Waals surface area (Å²) in [5.41, 5.74) is 3.63. The van der Waals surface area contributed by atoms with E-state index in [0.29, 0.717) is 5.54 Å². The second-order valence-electron chi connectivity index (χ2n) is 6.48. The topological polar surface area (TPSA) is 15.3 Å². The smallest absolute Gasteiger partial charge is 0.0338 e. The number of halogens is 1. The molecule has 1 saturated heterocycles. The van der Waals surface area contributed by atoms with Crippen molar-refractivity contribution in [2.24, 2.45) is 0 Å². The van der Waals surface area contributed by atoms with Crippen LogP contribution >= 0.6 is 11.6 Å². The predicted octanol–water partition coefficient (Wildman–Crippen LogP) is 3.13. The van der Waals surface area contributed by atoms with Crippen molar-refractivity contribution < 1.29 is 0 Å². The van der Waals surface area contributed by atoms with E-state index in [1.54, 1.807) is 5.54 Å². The van der Waals surface area contributed by atoms with Gasteiger partial charge in [-0.1, -0.05) is 24.4 Å². The van der Waals surface area contributed by atoms with Gasteiger partial charge in [0.1, 0.15) is 0 Å².